The Morgan fingerprint density at radius 3 is 2.43 bits per heavy atom. The molecule has 0 radical (unpaired) electrons. The summed E-state index contributed by atoms with van der Waals surface area (Å²) in [6.07, 6.45) is -2.18. The Labute approximate surface area is 132 Å². The first-order valence-corrected chi connectivity index (χ1v) is 7.40. The lowest BCUT2D eigenvalue weighted by molar-refractivity contribution is -0.153. The molecule has 1 aliphatic carbocycles. The van der Waals surface area contributed by atoms with Crippen molar-refractivity contribution in [1.82, 2.24) is 0 Å². The maximum atomic E-state index is 12.4. The largest absolute Gasteiger partial charge is 0.497 e. The third-order valence-electron chi connectivity index (χ3n) is 4.12. The predicted molar refractivity (Wildman–Crippen MR) is 76.9 cm³/mol. The second kappa shape index (κ2) is 7.10. The number of hydrogen-bond donors (Lipinski definition) is 1. The van der Waals surface area contributed by atoms with Crippen LogP contribution in [0.15, 0.2) is 18.2 Å². The summed E-state index contributed by atoms with van der Waals surface area (Å²) in [6, 6.07) is 4.71. The highest BCUT2D eigenvalue weighted by Gasteiger charge is 2.31. The molecule has 0 amide bonds. The summed E-state index contributed by atoms with van der Waals surface area (Å²) in [5, 5.41) is 9.04. The zero-order valence-corrected chi connectivity index (χ0v) is 12.7. The maximum absolute atomic E-state index is 12.4. The van der Waals surface area contributed by atoms with Crippen LogP contribution in [0.2, 0.25) is 0 Å². The number of halogens is 3. The number of carboxylic acids is 1. The molecular formula is C16H19F3O4. The Bertz CT molecular complexity index is 549. The summed E-state index contributed by atoms with van der Waals surface area (Å²) in [6.45, 7) is -1.35. The smallest absolute Gasteiger partial charge is 0.422 e. The summed E-state index contributed by atoms with van der Waals surface area (Å²) in [5.74, 6) is -0.496. The molecule has 23 heavy (non-hydrogen) atoms. The molecule has 1 N–H and O–H groups in total. The fourth-order valence-electron chi connectivity index (χ4n) is 2.91. The molecule has 1 saturated carbocycles. The third kappa shape index (κ3) is 4.77. The van der Waals surface area contributed by atoms with Gasteiger partial charge >= 0.3 is 12.1 Å². The average Bonchev–Trinajstić information content (AvgIpc) is 2.52. The van der Waals surface area contributed by atoms with Gasteiger partial charge in [-0.05, 0) is 49.8 Å². The number of alkyl halides is 3. The quantitative estimate of drug-likeness (QED) is 0.886. The molecule has 0 bridgehead atoms. The molecule has 4 nitrogen and oxygen atoms in total. The number of carboxylic acid groups (broad SMARTS) is 1. The van der Waals surface area contributed by atoms with Gasteiger partial charge in [-0.25, -0.2) is 0 Å². The van der Waals surface area contributed by atoms with Gasteiger partial charge < -0.3 is 14.6 Å². The minimum Gasteiger partial charge on any atom is -0.497 e. The standard InChI is InChI=1S/C16H19F3O4/c1-22-12-6-7-14(23-9-16(17,18)19)13(8-12)10-2-4-11(5-3-10)15(20)21/h6-8,10-11H,2-5,9H2,1H3,(H,20,21). The summed E-state index contributed by atoms with van der Waals surface area (Å²) < 4.78 is 47.2. The van der Waals surface area contributed by atoms with Gasteiger partial charge in [0, 0.05) is 5.56 Å². The predicted octanol–water partition coefficient (Wildman–Crippen LogP) is 3.99. The van der Waals surface area contributed by atoms with Crippen molar-refractivity contribution < 1.29 is 32.5 Å². The number of carbonyl (C=O) groups is 1. The van der Waals surface area contributed by atoms with Crippen molar-refractivity contribution in [3.8, 4) is 11.5 Å². The Morgan fingerprint density at radius 1 is 1.26 bits per heavy atom. The van der Waals surface area contributed by atoms with Gasteiger partial charge in [-0.1, -0.05) is 0 Å². The second-order valence-electron chi connectivity index (χ2n) is 5.69. The molecule has 128 valence electrons. The van der Waals surface area contributed by atoms with E-state index in [4.69, 9.17) is 14.6 Å². The maximum Gasteiger partial charge on any atom is 0.422 e. The minimum absolute atomic E-state index is 0.0241. The van der Waals surface area contributed by atoms with E-state index in [1.165, 1.54) is 13.2 Å². The van der Waals surface area contributed by atoms with Crippen molar-refractivity contribution in [1.29, 1.82) is 0 Å². The van der Waals surface area contributed by atoms with E-state index < -0.39 is 18.8 Å². The lowest BCUT2D eigenvalue weighted by atomic mass is 9.78. The van der Waals surface area contributed by atoms with Crippen LogP contribution in [-0.2, 0) is 4.79 Å². The van der Waals surface area contributed by atoms with E-state index in [1.807, 2.05) is 0 Å². The number of rotatable bonds is 5. The average molecular weight is 332 g/mol. The highest BCUT2D eigenvalue weighted by molar-refractivity contribution is 5.70. The third-order valence-corrected chi connectivity index (χ3v) is 4.12. The fraction of sp³-hybridized carbons (Fsp3) is 0.562. The van der Waals surface area contributed by atoms with E-state index in [2.05, 4.69) is 0 Å². The van der Waals surface area contributed by atoms with E-state index in [-0.39, 0.29) is 17.6 Å². The lowest BCUT2D eigenvalue weighted by Gasteiger charge is -2.28. The van der Waals surface area contributed by atoms with Gasteiger partial charge in [0.2, 0.25) is 0 Å². The molecule has 0 aromatic heterocycles. The summed E-state index contributed by atoms with van der Waals surface area (Å²) in [4.78, 5) is 11.0. The molecule has 0 aliphatic heterocycles. The first-order chi connectivity index (χ1) is 10.8. The van der Waals surface area contributed by atoms with Crippen molar-refractivity contribution in [2.24, 2.45) is 5.92 Å². The molecule has 1 fully saturated rings. The van der Waals surface area contributed by atoms with Crippen molar-refractivity contribution in [3.05, 3.63) is 23.8 Å². The number of hydrogen-bond acceptors (Lipinski definition) is 3. The first kappa shape index (κ1) is 17.4. The normalized spacial score (nSPS) is 21.7. The van der Waals surface area contributed by atoms with E-state index in [0.29, 0.717) is 37.0 Å². The number of benzene rings is 1. The lowest BCUT2D eigenvalue weighted by Crippen LogP contribution is -2.22. The zero-order valence-electron chi connectivity index (χ0n) is 12.7. The highest BCUT2D eigenvalue weighted by atomic mass is 19.4. The van der Waals surface area contributed by atoms with Crippen LogP contribution in [0.4, 0.5) is 13.2 Å². The van der Waals surface area contributed by atoms with Crippen LogP contribution < -0.4 is 9.47 Å². The molecule has 2 rings (SSSR count). The Kier molecular flexibility index (Phi) is 5.38. The van der Waals surface area contributed by atoms with Crippen LogP contribution in [0.3, 0.4) is 0 Å². The first-order valence-electron chi connectivity index (χ1n) is 7.40. The molecule has 0 unspecified atom stereocenters. The summed E-state index contributed by atoms with van der Waals surface area (Å²) in [5.41, 5.74) is 0.650. The van der Waals surface area contributed by atoms with Gasteiger partial charge in [0.05, 0.1) is 13.0 Å². The van der Waals surface area contributed by atoms with E-state index >= 15 is 0 Å². The topological polar surface area (TPSA) is 55.8 Å². The molecule has 1 aromatic rings. The van der Waals surface area contributed by atoms with Gasteiger partial charge in [0.1, 0.15) is 11.5 Å². The molecule has 0 atom stereocenters. The summed E-state index contributed by atoms with van der Waals surface area (Å²) >= 11 is 0. The number of aliphatic carboxylic acids is 1. The van der Waals surface area contributed by atoms with E-state index in [9.17, 15) is 18.0 Å². The highest BCUT2D eigenvalue weighted by Crippen LogP contribution is 2.41. The van der Waals surface area contributed by atoms with Crippen LogP contribution in [0.25, 0.3) is 0 Å². The van der Waals surface area contributed by atoms with E-state index in [1.54, 1.807) is 12.1 Å². The van der Waals surface area contributed by atoms with E-state index in [0.717, 1.165) is 0 Å². The molecule has 0 heterocycles. The summed E-state index contributed by atoms with van der Waals surface area (Å²) in [7, 11) is 1.48. The van der Waals surface area contributed by atoms with Crippen LogP contribution in [-0.4, -0.2) is 31.0 Å². The number of ether oxygens (including phenoxy) is 2. The van der Waals surface area contributed by atoms with Gasteiger partial charge in [-0.3, -0.25) is 4.79 Å². The molecule has 1 aromatic carbocycles. The van der Waals surface area contributed by atoms with Crippen molar-refractivity contribution in [2.45, 2.75) is 37.8 Å². The second-order valence-corrected chi connectivity index (χ2v) is 5.69. The van der Waals surface area contributed by atoms with Gasteiger partial charge in [-0.15, -0.1) is 0 Å². The minimum atomic E-state index is -4.40. The molecule has 7 heteroatoms. The van der Waals surface area contributed by atoms with Crippen LogP contribution in [0.1, 0.15) is 37.2 Å². The molecule has 0 spiro atoms. The monoisotopic (exact) mass is 332 g/mol. The molecule has 1 aliphatic rings. The van der Waals surface area contributed by atoms with Crippen molar-refractivity contribution in [3.63, 3.8) is 0 Å². The van der Waals surface area contributed by atoms with Crippen LogP contribution in [0, 0.1) is 5.92 Å². The Hall–Kier alpha value is -1.92. The molecular weight excluding hydrogens is 313 g/mol. The van der Waals surface area contributed by atoms with Gasteiger partial charge in [0.15, 0.2) is 6.61 Å². The fourth-order valence-corrected chi connectivity index (χ4v) is 2.91. The van der Waals surface area contributed by atoms with Crippen molar-refractivity contribution in [2.75, 3.05) is 13.7 Å². The van der Waals surface area contributed by atoms with Crippen LogP contribution in [0.5, 0.6) is 11.5 Å². The van der Waals surface area contributed by atoms with Crippen molar-refractivity contribution >= 4 is 5.97 Å². The SMILES string of the molecule is COc1ccc(OCC(F)(F)F)c(C2CCC(C(=O)O)CC2)c1. The number of methoxy groups -OCH3 is 1. The van der Waals surface area contributed by atoms with Crippen LogP contribution >= 0.6 is 0 Å². The zero-order chi connectivity index (χ0) is 17.0. The Morgan fingerprint density at radius 2 is 1.91 bits per heavy atom. The van der Waals surface area contributed by atoms with Gasteiger partial charge in [-0.2, -0.15) is 13.2 Å². The Balaban J connectivity index is 2.16. The molecule has 0 saturated heterocycles. The van der Waals surface area contributed by atoms with Gasteiger partial charge in [0.25, 0.3) is 0 Å².